The summed E-state index contributed by atoms with van der Waals surface area (Å²) < 4.78 is 5.45. The van der Waals surface area contributed by atoms with Crippen molar-refractivity contribution >= 4 is 5.97 Å². The maximum atomic E-state index is 11.7. The highest BCUT2D eigenvalue weighted by Gasteiger charge is 2.52. The average molecular weight is 266 g/mol. The van der Waals surface area contributed by atoms with E-state index >= 15 is 0 Å². The zero-order valence-electron chi connectivity index (χ0n) is 11.7. The summed E-state index contributed by atoms with van der Waals surface area (Å²) in [5, 5.41) is 20.7. The van der Waals surface area contributed by atoms with Gasteiger partial charge in [-0.25, -0.2) is 0 Å². The van der Waals surface area contributed by atoms with Crippen molar-refractivity contribution in [3.05, 3.63) is 11.6 Å². The number of aliphatic hydroxyl groups is 2. The molecule has 1 heterocycles. The highest BCUT2D eigenvalue weighted by molar-refractivity contribution is 5.75. The smallest absolute Gasteiger partial charge is 0.309 e. The number of fused-ring (bicyclic) bond motifs is 2. The number of esters is 1. The third kappa shape index (κ3) is 1.84. The largest absolute Gasteiger partial charge is 0.461 e. The van der Waals surface area contributed by atoms with Crippen LogP contribution in [0.2, 0.25) is 0 Å². The molecule has 0 radical (unpaired) electrons. The van der Waals surface area contributed by atoms with Gasteiger partial charge in [0.1, 0.15) is 6.10 Å². The van der Waals surface area contributed by atoms with Crippen molar-refractivity contribution in [1.29, 1.82) is 0 Å². The molecule has 1 aliphatic heterocycles. The molecule has 1 saturated carbocycles. The first-order chi connectivity index (χ1) is 8.81. The Morgan fingerprint density at radius 2 is 2.11 bits per heavy atom. The van der Waals surface area contributed by atoms with Crippen LogP contribution < -0.4 is 0 Å². The van der Waals surface area contributed by atoms with Gasteiger partial charge in [0.2, 0.25) is 0 Å². The fourth-order valence-corrected chi connectivity index (χ4v) is 4.19. The summed E-state index contributed by atoms with van der Waals surface area (Å²) in [4.78, 5) is 11.7. The van der Waals surface area contributed by atoms with Gasteiger partial charge in [0, 0.05) is 18.3 Å². The van der Waals surface area contributed by atoms with Crippen LogP contribution in [0.4, 0.5) is 0 Å². The molecule has 2 aliphatic carbocycles. The number of hydrogen-bond acceptors (Lipinski definition) is 4. The standard InChI is InChI=1S/C15H22O4/c1-7-4-12-9(8(2)14(17)19-12)5-10-13(7)11(16)6-15(10,3)18/h5,7-9,11-13,16,18H,4,6H2,1-3H3/t7-,8+,9-,11+,12-,13+,15-/m1/s1. The molecule has 2 N–H and O–H groups in total. The van der Waals surface area contributed by atoms with Crippen LogP contribution in [0.25, 0.3) is 0 Å². The summed E-state index contributed by atoms with van der Waals surface area (Å²) >= 11 is 0. The van der Waals surface area contributed by atoms with Crippen LogP contribution in [0.1, 0.15) is 33.6 Å². The Hall–Kier alpha value is -0.870. The number of rotatable bonds is 0. The van der Waals surface area contributed by atoms with Crippen molar-refractivity contribution in [2.24, 2.45) is 23.7 Å². The Labute approximate surface area is 113 Å². The molecule has 1 saturated heterocycles. The topological polar surface area (TPSA) is 66.8 Å². The first-order valence-electron chi connectivity index (χ1n) is 7.14. The fourth-order valence-electron chi connectivity index (χ4n) is 4.19. The Kier molecular flexibility index (Phi) is 2.81. The van der Waals surface area contributed by atoms with E-state index < -0.39 is 11.7 Å². The van der Waals surface area contributed by atoms with Gasteiger partial charge in [-0.15, -0.1) is 0 Å². The normalized spacial score (nSPS) is 53.1. The average Bonchev–Trinajstić information content (AvgIpc) is 2.61. The molecule has 0 bridgehead atoms. The van der Waals surface area contributed by atoms with Crippen LogP contribution in [0, 0.1) is 23.7 Å². The predicted molar refractivity (Wildman–Crippen MR) is 69.1 cm³/mol. The fraction of sp³-hybridized carbons (Fsp3) is 0.800. The van der Waals surface area contributed by atoms with Crippen molar-refractivity contribution in [3.63, 3.8) is 0 Å². The molecule has 4 nitrogen and oxygen atoms in total. The van der Waals surface area contributed by atoms with E-state index in [1.165, 1.54) is 0 Å². The van der Waals surface area contributed by atoms with Gasteiger partial charge >= 0.3 is 5.97 Å². The van der Waals surface area contributed by atoms with Crippen LogP contribution in [-0.2, 0) is 9.53 Å². The molecule has 0 unspecified atom stereocenters. The first-order valence-corrected chi connectivity index (χ1v) is 7.14. The van der Waals surface area contributed by atoms with Gasteiger partial charge < -0.3 is 14.9 Å². The van der Waals surface area contributed by atoms with E-state index in [9.17, 15) is 15.0 Å². The van der Waals surface area contributed by atoms with Crippen LogP contribution in [0.15, 0.2) is 11.6 Å². The summed E-state index contributed by atoms with van der Waals surface area (Å²) in [7, 11) is 0. The molecule has 0 aromatic rings. The van der Waals surface area contributed by atoms with Crippen molar-refractivity contribution in [1.82, 2.24) is 0 Å². The lowest BCUT2D eigenvalue weighted by molar-refractivity contribution is -0.144. The summed E-state index contributed by atoms with van der Waals surface area (Å²) in [6.07, 6.45) is 2.57. The maximum Gasteiger partial charge on any atom is 0.309 e. The molecule has 2 fully saturated rings. The highest BCUT2D eigenvalue weighted by atomic mass is 16.6. The molecule has 3 rings (SSSR count). The summed E-state index contributed by atoms with van der Waals surface area (Å²) in [5.41, 5.74) is -0.0522. The lowest BCUT2D eigenvalue weighted by Gasteiger charge is -2.25. The molecule has 0 aromatic heterocycles. The molecule has 3 aliphatic rings. The lowest BCUT2D eigenvalue weighted by atomic mass is 9.84. The monoisotopic (exact) mass is 266 g/mol. The zero-order chi connectivity index (χ0) is 13.9. The van der Waals surface area contributed by atoms with Gasteiger partial charge in [-0.3, -0.25) is 4.79 Å². The Morgan fingerprint density at radius 1 is 1.42 bits per heavy atom. The van der Waals surface area contributed by atoms with E-state index in [4.69, 9.17) is 4.74 Å². The number of ether oxygens (including phenoxy) is 1. The quantitative estimate of drug-likeness (QED) is 0.512. The minimum absolute atomic E-state index is 0.00787. The number of carbonyl (C=O) groups excluding carboxylic acids is 1. The SMILES string of the molecule is C[C@@H]1C[C@H]2OC(=O)[C@@H](C)[C@H]2C=C2[C@H]1[C@@H](O)C[C@@]2(C)O. The molecular formula is C15H22O4. The lowest BCUT2D eigenvalue weighted by Crippen LogP contribution is -2.25. The van der Waals surface area contributed by atoms with Gasteiger partial charge in [0.15, 0.2) is 0 Å². The van der Waals surface area contributed by atoms with Gasteiger partial charge in [-0.05, 0) is 24.8 Å². The predicted octanol–water partition coefficient (Wildman–Crippen LogP) is 1.26. The zero-order valence-corrected chi connectivity index (χ0v) is 11.7. The summed E-state index contributed by atoms with van der Waals surface area (Å²) in [6, 6.07) is 0. The molecule has 4 heteroatoms. The van der Waals surface area contributed by atoms with Crippen LogP contribution >= 0.6 is 0 Å². The summed E-state index contributed by atoms with van der Waals surface area (Å²) in [6.45, 7) is 5.72. The van der Waals surface area contributed by atoms with Crippen molar-refractivity contribution in [2.45, 2.75) is 51.4 Å². The van der Waals surface area contributed by atoms with Crippen molar-refractivity contribution in [2.75, 3.05) is 0 Å². The molecular weight excluding hydrogens is 244 g/mol. The molecule has 0 spiro atoms. The Morgan fingerprint density at radius 3 is 2.79 bits per heavy atom. The molecule has 0 amide bonds. The van der Waals surface area contributed by atoms with E-state index in [1.807, 2.05) is 13.0 Å². The van der Waals surface area contributed by atoms with Crippen molar-refractivity contribution < 1.29 is 19.7 Å². The number of aliphatic hydroxyl groups excluding tert-OH is 1. The highest BCUT2D eigenvalue weighted by Crippen LogP contribution is 2.50. The van der Waals surface area contributed by atoms with E-state index in [0.717, 1.165) is 12.0 Å². The number of hydrogen-bond donors (Lipinski definition) is 2. The third-order valence-corrected chi connectivity index (χ3v) is 5.24. The van der Waals surface area contributed by atoms with E-state index in [1.54, 1.807) is 6.92 Å². The Bertz CT molecular complexity index is 439. The second-order valence-electron chi connectivity index (χ2n) is 6.75. The minimum atomic E-state index is -0.960. The van der Waals surface area contributed by atoms with Gasteiger partial charge in [-0.1, -0.05) is 19.9 Å². The van der Waals surface area contributed by atoms with Gasteiger partial charge in [-0.2, -0.15) is 0 Å². The Balaban J connectivity index is 2.04. The molecule has 106 valence electrons. The molecule has 19 heavy (non-hydrogen) atoms. The van der Waals surface area contributed by atoms with Crippen LogP contribution in [0.3, 0.4) is 0 Å². The van der Waals surface area contributed by atoms with E-state index in [-0.39, 0.29) is 35.7 Å². The molecule has 7 atom stereocenters. The number of carbonyl (C=O) groups is 1. The summed E-state index contributed by atoms with van der Waals surface area (Å²) in [5.74, 6) is -0.0609. The third-order valence-electron chi connectivity index (χ3n) is 5.24. The van der Waals surface area contributed by atoms with Gasteiger partial charge in [0.25, 0.3) is 0 Å². The van der Waals surface area contributed by atoms with E-state index in [0.29, 0.717) is 6.42 Å². The minimum Gasteiger partial charge on any atom is -0.461 e. The van der Waals surface area contributed by atoms with E-state index in [2.05, 4.69) is 6.92 Å². The second kappa shape index (κ2) is 4.06. The second-order valence-corrected chi connectivity index (χ2v) is 6.75. The maximum absolute atomic E-state index is 11.7. The van der Waals surface area contributed by atoms with Crippen molar-refractivity contribution in [3.8, 4) is 0 Å². The first kappa shape index (κ1) is 13.1. The van der Waals surface area contributed by atoms with Crippen LogP contribution in [0.5, 0.6) is 0 Å². The molecule has 0 aromatic carbocycles. The van der Waals surface area contributed by atoms with Crippen LogP contribution in [-0.4, -0.2) is 34.0 Å². The van der Waals surface area contributed by atoms with Gasteiger partial charge in [0.05, 0.1) is 17.6 Å².